The van der Waals surface area contributed by atoms with Crippen molar-refractivity contribution in [3.63, 3.8) is 0 Å². The van der Waals surface area contributed by atoms with Gasteiger partial charge in [0.2, 0.25) is 0 Å². The topological polar surface area (TPSA) is 9.23 Å². The van der Waals surface area contributed by atoms with E-state index in [1.807, 2.05) is 0 Å². The second-order valence-corrected chi connectivity index (χ2v) is 9.77. The van der Waals surface area contributed by atoms with Gasteiger partial charge in [0.25, 0.3) is 0 Å². The van der Waals surface area contributed by atoms with Crippen LogP contribution in [0.1, 0.15) is 34.1 Å². The maximum Gasteiger partial charge on any atom is 1.00 e. The summed E-state index contributed by atoms with van der Waals surface area (Å²) in [7, 11) is -1.62. The van der Waals surface area contributed by atoms with Crippen LogP contribution < -0.4 is 18.9 Å². The van der Waals surface area contributed by atoms with E-state index in [4.69, 9.17) is 11.0 Å². The van der Waals surface area contributed by atoms with Gasteiger partial charge in [-0.2, -0.15) is 0 Å². The molecule has 0 spiro atoms. The second kappa shape index (κ2) is 6.17. The molecule has 0 bridgehead atoms. The van der Waals surface area contributed by atoms with Crippen molar-refractivity contribution in [3.8, 4) is 0 Å². The molecule has 0 saturated heterocycles. The molecule has 0 aromatic heterocycles. The summed E-state index contributed by atoms with van der Waals surface area (Å²) < 4.78 is 6.06. The fraction of sp³-hybridized carbons (Fsp3) is 0.818. The Balaban J connectivity index is 0. The van der Waals surface area contributed by atoms with Gasteiger partial charge in [0.1, 0.15) is 0 Å². The second-order valence-electron chi connectivity index (χ2n) is 5.02. The maximum atomic E-state index is 6.06. The van der Waals surface area contributed by atoms with E-state index < -0.39 is 8.32 Å². The first kappa shape index (κ1) is 16.9. The molecule has 0 saturated carbocycles. The molecule has 14 heavy (non-hydrogen) atoms. The van der Waals surface area contributed by atoms with Crippen molar-refractivity contribution in [1.82, 2.24) is 0 Å². The third-order valence-electron chi connectivity index (χ3n) is 2.87. The summed E-state index contributed by atoms with van der Waals surface area (Å²) in [6, 6.07) is 0. The molecule has 0 radical (unpaired) electrons. The van der Waals surface area contributed by atoms with Crippen molar-refractivity contribution in [2.24, 2.45) is 0 Å². The van der Waals surface area contributed by atoms with E-state index in [-0.39, 0.29) is 30.0 Å². The molecular weight excluding hydrogens is 183 g/mol. The molecule has 0 rings (SSSR count). The summed E-state index contributed by atoms with van der Waals surface area (Å²) in [6.07, 6.45) is 2.75. The van der Waals surface area contributed by atoms with E-state index in [0.29, 0.717) is 0 Å². The van der Waals surface area contributed by atoms with E-state index >= 15 is 0 Å². The fourth-order valence-corrected chi connectivity index (χ4v) is 2.17. The average molecular weight is 206 g/mol. The Morgan fingerprint density at radius 2 is 1.79 bits per heavy atom. The number of hydrogen-bond acceptors (Lipinski definition) is 1. The molecule has 0 amide bonds. The largest absolute Gasteiger partial charge is 1.00 e. The summed E-state index contributed by atoms with van der Waals surface area (Å²) in [5.74, 6) is 0. The molecule has 3 heteroatoms. The molecule has 0 aliphatic heterocycles. The zero-order valence-corrected chi connectivity index (χ0v) is 11.8. The Kier molecular flexibility index (Phi) is 7.47. The van der Waals surface area contributed by atoms with Crippen LogP contribution in [0.3, 0.4) is 0 Å². The molecule has 78 valence electrons. The van der Waals surface area contributed by atoms with Crippen LogP contribution in [-0.2, 0) is 4.43 Å². The maximum absolute atomic E-state index is 6.06. The van der Waals surface area contributed by atoms with Crippen molar-refractivity contribution < 1.29 is 23.3 Å². The summed E-state index contributed by atoms with van der Waals surface area (Å²) >= 11 is 0. The third-order valence-corrected chi connectivity index (χ3v) is 7.37. The van der Waals surface area contributed by atoms with Gasteiger partial charge in [-0.15, -0.1) is 0 Å². The van der Waals surface area contributed by atoms with E-state index in [9.17, 15) is 0 Å². The average Bonchev–Trinajstić information content (AvgIpc) is 1.98. The van der Waals surface area contributed by atoms with Gasteiger partial charge in [0, 0.05) is 6.10 Å². The van der Waals surface area contributed by atoms with Gasteiger partial charge < -0.3 is 11.0 Å². The Morgan fingerprint density at radius 1 is 1.36 bits per heavy atom. The fourth-order valence-electron chi connectivity index (χ4n) is 0.814. The SMILES string of the molecule is [CH-]=CC(CC)O[Si](C)(C)C(C)(C)C.[Li+]. The van der Waals surface area contributed by atoms with Crippen LogP contribution in [0.25, 0.3) is 0 Å². The van der Waals surface area contributed by atoms with Gasteiger partial charge in [0.05, 0.1) is 0 Å². The van der Waals surface area contributed by atoms with Crippen LogP contribution in [0.5, 0.6) is 0 Å². The minimum atomic E-state index is -1.62. The monoisotopic (exact) mass is 206 g/mol. The third kappa shape index (κ3) is 4.84. The Labute approximate surface area is 103 Å². The molecule has 1 nitrogen and oxygen atoms in total. The minimum Gasteiger partial charge on any atom is -0.515 e. The molecule has 1 unspecified atom stereocenters. The van der Waals surface area contributed by atoms with E-state index in [0.717, 1.165) is 6.42 Å². The predicted octanol–water partition coefficient (Wildman–Crippen LogP) is 0.780. The molecule has 0 aromatic rings. The Morgan fingerprint density at radius 3 is 2.00 bits per heavy atom. The molecule has 0 aliphatic rings. The standard InChI is InChI=1S/C11H23OSi.Li/c1-8-10(9-2)12-13(6,7)11(3,4)5;/h1,8,10H,9H2,2-7H3;/q-1;+1. The first-order chi connectivity index (χ1) is 5.74. The molecule has 0 heterocycles. The van der Waals surface area contributed by atoms with Crippen LogP contribution in [0.4, 0.5) is 0 Å². The first-order valence-electron chi connectivity index (χ1n) is 4.97. The molecule has 0 N–H and O–H groups in total. The zero-order valence-electron chi connectivity index (χ0n) is 10.8. The number of hydrogen-bond donors (Lipinski definition) is 0. The molecule has 0 aromatic carbocycles. The van der Waals surface area contributed by atoms with Gasteiger partial charge in [0.15, 0.2) is 8.32 Å². The van der Waals surface area contributed by atoms with E-state index in [1.165, 1.54) is 0 Å². The summed E-state index contributed by atoms with van der Waals surface area (Å²) in [5, 5.41) is 0.267. The van der Waals surface area contributed by atoms with Crippen LogP contribution in [0, 0.1) is 6.58 Å². The summed E-state index contributed by atoms with van der Waals surface area (Å²) in [6.45, 7) is 18.8. The van der Waals surface area contributed by atoms with E-state index in [2.05, 4.69) is 40.8 Å². The van der Waals surface area contributed by atoms with Gasteiger partial charge in [-0.05, 0) is 24.6 Å². The van der Waals surface area contributed by atoms with Crippen LogP contribution in [0.2, 0.25) is 18.1 Å². The number of rotatable bonds is 4. The van der Waals surface area contributed by atoms with Crippen molar-refractivity contribution >= 4 is 8.32 Å². The van der Waals surface area contributed by atoms with Gasteiger partial charge in [-0.3, -0.25) is 0 Å². The Bertz CT molecular complexity index is 173. The predicted molar refractivity (Wildman–Crippen MR) is 61.2 cm³/mol. The van der Waals surface area contributed by atoms with Crippen LogP contribution in [-0.4, -0.2) is 14.4 Å². The molecular formula is C11H23LiOSi. The summed E-state index contributed by atoms with van der Waals surface area (Å²) in [5.41, 5.74) is 0. The van der Waals surface area contributed by atoms with Gasteiger partial charge in [-0.25, -0.2) is 6.08 Å². The minimum absolute atomic E-state index is 0. The van der Waals surface area contributed by atoms with Crippen molar-refractivity contribution in [3.05, 3.63) is 12.7 Å². The van der Waals surface area contributed by atoms with Crippen molar-refractivity contribution in [1.29, 1.82) is 0 Å². The van der Waals surface area contributed by atoms with Crippen LogP contribution in [0.15, 0.2) is 6.08 Å². The van der Waals surface area contributed by atoms with Crippen LogP contribution >= 0.6 is 0 Å². The van der Waals surface area contributed by atoms with Crippen molar-refractivity contribution in [2.75, 3.05) is 0 Å². The Hall–Kier alpha value is 0.514. The van der Waals surface area contributed by atoms with Crippen molar-refractivity contribution in [2.45, 2.75) is 58.4 Å². The quantitative estimate of drug-likeness (QED) is 0.488. The first-order valence-corrected chi connectivity index (χ1v) is 7.88. The summed E-state index contributed by atoms with van der Waals surface area (Å²) in [4.78, 5) is 0. The van der Waals surface area contributed by atoms with Gasteiger partial charge in [-0.1, -0.05) is 27.7 Å². The normalized spacial score (nSPS) is 14.4. The zero-order chi connectivity index (χ0) is 10.7. The molecule has 0 fully saturated rings. The smallest absolute Gasteiger partial charge is 0.515 e. The van der Waals surface area contributed by atoms with Gasteiger partial charge >= 0.3 is 18.9 Å². The van der Waals surface area contributed by atoms with E-state index in [1.54, 1.807) is 6.08 Å². The molecule has 1 atom stereocenters. The molecule has 0 aliphatic carbocycles.